The molecule has 1 aliphatic carbocycles. The first kappa shape index (κ1) is 9.08. The highest BCUT2D eigenvalue weighted by molar-refractivity contribution is 5.76. The lowest BCUT2D eigenvalue weighted by Gasteiger charge is -1.98. The predicted octanol–water partition coefficient (Wildman–Crippen LogP) is 2.88. The summed E-state index contributed by atoms with van der Waals surface area (Å²) in [6.45, 7) is 0. The van der Waals surface area contributed by atoms with Gasteiger partial charge in [-0.3, -0.25) is 0 Å². The van der Waals surface area contributed by atoms with Crippen LogP contribution in [-0.2, 0) is 6.42 Å². The quantitative estimate of drug-likeness (QED) is 0.463. The van der Waals surface area contributed by atoms with Crippen molar-refractivity contribution in [2.45, 2.75) is 6.42 Å². The second-order valence-electron chi connectivity index (χ2n) is 3.49. The monoisotopic (exact) mass is 177 g/mol. The lowest BCUT2D eigenvalue weighted by molar-refractivity contribution is 1.26. The summed E-state index contributed by atoms with van der Waals surface area (Å²) in [6, 6.07) is 17.3. The molecule has 0 nitrogen and oxygen atoms in total. The third-order valence-corrected chi connectivity index (χ3v) is 2.71. The third kappa shape index (κ3) is 1.17. The normalized spacial score (nSPS) is 11.4. The van der Waals surface area contributed by atoms with Crippen LogP contribution in [-0.4, -0.2) is 8.41 Å². The topological polar surface area (TPSA) is 0 Å². The van der Waals surface area contributed by atoms with E-state index in [1.165, 1.54) is 22.3 Å². The van der Waals surface area contributed by atoms with Crippen molar-refractivity contribution >= 4 is 8.41 Å². The fraction of sp³-hybridized carbons (Fsp3) is 0.0769. The fourth-order valence-corrected chi connectivity index (χ4v) is 2.08. The number of hydrogen-bond donors (Lipinski definition) is 0. The first-order valence-electron chi connectivity index (χ1n) is 4.61. The van der Waals surface area contributed by atoms with Crippen LogP contribution in [0.5, 0.6) is 0 Å². The lowest BCUT2D eigenvalue weighted by Crippen LogP contribution is -1.77. The summed E-state index contributed by atoms with van der Waals surface area (Å²) in [4.78, 5) is 0. The van der Waals surface area contributed by atoms with Crippen LogP contribution in [0.2, 0.25) is 0 Å². The van der Waals surface area contributed by atoms with Crippen molar-refractivity contribution in [1.29, 1.82) is 0 Å². The molecular formula is C13H10B. The summed E-state index contributed by atoms with van der Waals surface area (Å²) in [5, 5.41) is 0. The van der Waals surface area contributed by atoms with E-state index in [1.807, 2.05) is 0 Å². The molecule has 0 heterocycles. The molecule has 65 valence electrons. The number of fused-ring (bicyclic) bond motifs is 3. The van der Waals surface area contributed by atoms with Gasteiger partial charge in [0.2, 0.25) is 0 Å². The first-order chi connectivity index (χ1) is 6.45. The van der Waals surface area contributed by atoms with Gasteiger partial charge in [0.05, 0.1) is 0 Å². The second kappa shape index (κ2) is 3.34. The Hall–Kier alpha value is -1.50. The van der Waals surface area contributed by atoms with Crippen LogP contribution in [0.25, 0.3) is 11.1 Å². The van der Waals surface area contributed by atoms with Gasteiger partial charge < -0.3 is 0 Å². The summed E-state index contributed by atoms with van der Waals surface area (Å²) < 4.78 is 0. The maximum absolute atomic E-state index is 2.22. The van der Waals surface area contributed by atoms with Crippen molar-refractivity contribution in [1.82, 2.24) is 0 Å². The highest BCUT2D eigenvalue weighted by Gasteiger charge is 2.15. The highest BCUT2D eigenvalue weighted by Crippen LogP contribution is 2.35. The molecule has 0 saturated heterocycles. The summed E-state index contributed by atoms with van der Waals surface area (Å²) in [5.74, 6) is 0. The Bertz CT molecular complexity index is 417. The molecule has 0 aliphatic heterocycles. The van der Waals surface area contributed by atoms with Gasteiger partial charge in [-0.25, -0.2) is 0 Å². The predicted molar refractivity (Wildman–Crippen MR) is 60.4 cm³/mol. The minimum Gasteiger partial charge on any atom is -0.0619 e. The van der Waals surface area contributed by atoms with Crippen molar-refractivity contribution in [3.05, 3.63) is 59.7 Å². The minimum atomic E-state index is 0. The van der Waals surface area contributed by atoms with E-state index in [-0.39, 0.29) is 8.41 Å². The first-order valence-corrected chi connectivity index (χ1v) is 4.61. The Kier molecular flexibility index (Phi) is 2.16. The molecule has 0 aromatic heterocycles. The zero-order chi connectivity index (χ0) is 8.67. The summed E-state index contributed by atoms with van der Waals surface area (Å²) >= 11 is 0. The van der Waals surface area contributed by atoms with Crippen LogP contribution in [0.3, 0.4) is 0 Å². The van der Waals surface area contributed by atoms with E-state index in [4.69, 9.17) is 0 Å². The summed E-state index contributed by atoms with van der Waals surface area (Å²) in [7, 11) is 0. The average molecular weight is 177 g/mol. The zero-order valence-corrected chi connectivity index (χ0v) is 7.90. The van der Waals surface area contributed by atoms with Gasteiger partial charge in [-0.1, -0.05) is 48.5 Å². The van der Waals surface area contributed by atoms with Gasteiger partial charge in [-0.05, 0) is 28.7 Å². The molecule has 0 bridgehead atoms. The zero-order valence-electron chi connectivity index (χ0n) is 7.90. The van der Waals surface area contributed by atoms with Gasteiger partial charge in [0.15, 0.2) is 0 Å². The smallest absolute Gasteiger partial charge is 0 e. The molecule has 0 spiro atoms. The van der Waals surface area contributed by atoms with Crippen LogP contribution >= 0.6 is 0 Å². The van der Waals surface area contributed by atoms with Gasteiger partial charge in [-0.15, -0.1) is 0 Å². The molecule has 0 unspecified atom stereocenters. The molecule has 3 rings (SSSR count). The highest BCUT2D eigenvalue weighted by atomic mass is 14.2. The Morgan fingerprint density at radius 1 is 0.643 bits per heavy atom. The molecule has 2 aromatic carbocycles. The minimum absolute atomic E-state index is 0. The largest absolute Gasteiger partial charge is 0.0619 e. The molecule has 0 N–H and O–H groups in total. The van der Waals surface area contributed by atoms with Crippen molar-refractivity contribution in [2.24, 2.45) is 0 Å². The van der Waals surface area contributed by atoms with E-state index >= 15 is 0 Å². The molecule has 3 radical (unpaired) electrons. The van der Waals surface area contributed by atoms with Crippen LogP contribution in [0.1, 0.15) is 11.1 Å². The molecule has 14 heavy (non-hydrogen) atoms. The van der Waals surface area contributed by atoms with Gasteiger partial charge >= 0.3 is 0 Å². The Labute approximate surface area is 86.2 Å². The van der Waals surface area contributed by atoms with E-state index in [0.717, 1.165) is 6.42 Å². The molecule has 0 amide bonds. The van der Waals surface area contributed by atoms with Crippen LogP contribution in [0.15, 0.2) is 48.5 Å². The van der Waals surface area contributed by atoms with E-state index in [2.05, 4.69) is 48.5 Å². The molecule has 1 heteroatoms. The van der Waals surface area contributed by atoms with E-state index < -0.39 is 0 Å². The standard InChI is InChI=1S/C13H10.B/c1-3-7-12-10(5-1)9-11-6-2-4-8-13(11)12;/h1-8H,9H2;. The van der Waals surface area contributed by atoms with Crippen LogP contribution in [0, 0.1) is 0 Å². The number of rotatable bonds is 0. The summed E-state index contributed by atoms with van der Waals surface area (Å²) in [5.41, 5.74) is 5.75. The second-order valence-corrected chi connectivity index (χ2v) is 3.49. The number of hydrogen-bond acceptors (Lipinski definition) is 0. The maximum Gasteiger partial charge on any atom is 0 e. The van der Waals surface area contributed by atoms with Gasteiger partial charge in [-0.2, -0.15) is 0 Å². The van der Waals surface area contributed by atoms with Crippen molar-refractivity contribution in [2.75, 3.05) is 0 Å². The van der Waals surface area contributed by atoms with Crippen LogP contribution < -0.4 is 0 Å². The molecule has 0 saturated carbocycles. The molecule has 0 fully saturated rings. The van der Waals surface area contributed by atoms with Crippen LogP contribution in [0.4, 0.5) is 0 Å². The van der Waals surface area contributed by atoms with Gasteiger partial charge in [0.1, 0.15) is 0 Å². The molecule has 0 atom stereocenters. The maximum atomic E-state index is 2.22. The molecule has 2 aromatic rings. The lowest BCUT2D eigenvalue weighted by atomic mass is 10.1. The fourth-order valence-electron chi connectivity index (χ4n) is 2.08. The third-order valence-electron chi connectivity index (χ3n) is 2.71. The van der Waals surface area contributed by atoms with E-state index in [1.54, 1.807) is 0 Å². The Morgan fingerprint density at radius 2 is 1.07 bits per heavy atom. The van der Waals surface area contributed by atoms with Gasteiger partial charge in [0.25, 0.3) is 0 Å². The average Bonchev–Trinajstić information content (AvgIpc) is 2.56. The Morgan fingerprint density at radius 3 is 1.57 bits per heavy atom. The van der Waals surface area contributed by atoms with E-state index in [9.17, 15) is 0 Å². The Balaban J connectivity index is 0.000000750. The SMILES string of the molecule is [B].c1ccc2c(c1)Cc1ccccc1-2. The van der Waals surface area contributed by atoms with E-state index in [0.29, 0.717) is 0 Å². The number of benzene rings is 2. The molecule has 1 aliphatic rings. The molecular weight excluding hydrogens is 167 g/mol. The van der Waals surface area contributed by atoms with Crippen molar-refractivity contribution in [3.8, 4) is 11.1 Å². The van der Waals surface area contributed by atoms with Crippen molar-refractivity contribution in [3.63, 3.8) is 0 Å². The van der Waals surface area contributed by atoms with Crippen molar-refractivity contribution < 1.29 is 0 Å². The summed E-state index contributed by atoms with van der Waals surface area (Å²) in [6.07, 6.45) is 1.10. The van der Waals surface area contributed by atoms with Gasteiger partial charge in [0, 0.05) is 8.41 Å².